The molecule has 2 N–H and O–H groups in total. The molecule has 0 unspecified atom stereocenters. The van der Waals surface area contributed by atoms with Gasteiger partial charge in [-0.05, 0) is 36.2 Å². The van der Waals surface area contributed by atoms with Crippen LogP contribution in [0.2, 0.25) is 5.02 Å². The Morgan fingerprint density at radius 2 is 1.88 bits per heavy atom. The smallest absolute Gasteiger partial charge is 0.262 e. The second-order valence-electron chi connectivity index (χ2n) is 5.94. The van der Waals surface area contributed by atoms with E-state index in [2.05, 4.69) is 10.6 Å². The predicted octanol–water partition coefficient (Wildman–Crippen LogP) is 3.74. The summed E-state index contributed by atoms with van der Waals surface area (Å²) in [4.78, 5) is 24.4. The second-order valence-corrected chi connectivity index (χ2v) is 6.38. The van der Waals surface area contributed by atoms with Crippen LogP contribution in [-0.2, 0) is 4.79 Å². The van der Waals surface area contributed by atoms with E-state index in [1.807, 2.05) is 13.8 Å². The molecule has 25 heavy (non-hydrogen) atoms. The van der Waals surface area contributed by atoms with Gasteiger partial charge in [0.25, 0.3) is 11.8 Å². The van der Waals surface area contributed by atoms with Gasteiger partial charge in [-0.1, -0.05) is 43.6 Å². The number of ether oxygens (including phenoxy) is 1. The maximum atomic E-state index is 12.3. The summed E-state index contributed by atoms with van der Waals surface area (Å²) in [6.07, 6.45) is 0. The molecular weight excluding hydrogens is 340 g/mol. The van der Waals surface area contributed by atoms with Crippen molar-refractivity contribution in [2.24, 2.45) is 5.92 Å². The number of hydrogen-bond acceptors (Lipinski definition) is 3. The van der Waals surface area contributed by atoms with Crippen LogP contribution in [0, 0.1) is 5.92 Å². The minimum atomic E-state index is -0.357. The van der Waals surface area contributed by atoms with Gasteiger partial charge in [0.1, 0.15) is 5.75 Å². The number of amides is 2. The van der Waals surface area contributed by atoms with Crippen LogP contribution in [-0.4, -0.2) is 25.0 Å². The molecule has 6 heteroatoms. The van der Waals surface area contributed by atoms with Crippen LogP contribution in [0.5, 0.6) is 5.75 Å². The number of anilines is 1. The first kappa shape index (κ1) is 18.8. The maximum absolute atomic E-state index is 12.3. The lowest BCUT2D eigenvalue weighted by Crippen LogP contribution is -2.29. The first-order valence-electron chi connectivity index (χ1n) is 8.01. The van der Waals surface area contributed by atoms with Gasteiger partial charge in [-0.15, -0.1) is 0 Å². The number of nitrogens with one attached hydrogen (secondary N) is 2. The topological polar surface area (TPSA) is 67.4 Å². The third-order valence-electron chi connectivity index (χ3n) is 3.28. The lowest BCUT2D eigenvalue weighted by Gasteiger charge is -2.13. The van der Waals surface area contributed by atoms with E-state index < -0.39 is 0 Å². The molecule has 0 bridgehead atoms. The van der Waals surface area contributed by atoms with Crippen LogP contribution in [0.25, 0.3) is 0 Å². The van der Waals surface area contributed by atoms with E-state index in [1.54, 1.807) is 48.5 Å². The molecule has 132 valence electrons. The van der Waals surface area contributed by atoms with Gasteiger partial charge in [0.05, 0.1) is 11.3 Å². The Morgan fingerprint density at radius 1 is 1.12 bits per heavy atom. The van der Waals surface area contributed by atoms with Crippen molar-refractivity contribution in [2.75, 3.05) is 18.5 Å². The van der Waals surface area contributed by atoms with Gasteiger partial charge >= 0.3 is 0 Å². The van der Waals surface area contributed by atoms with Crippen molar-refractivity contribution in [3.05, 3.63) is 59.1 Å². The van der Waals surface area contributed by atoms with Gasteiger partial charge in [-0.3, -0.25) is 9.59 Å². The molecule has 0 radical (unpaired) electrons. The maximum Gasteiger partial charge on any atom is 0.262 e. The fourth-order valence-corrected chi connectivity index (χ4v) is 2.25. The van der Waals surface area contributed by atoms with Crippen LogP contribution in [0.3, 0.4) is 0 Å². The number of para-hydroxylation sites is 1. The highest BCUT2D eigenvalue weighted by atomic mass is 35.5. The summed E-state index contributed by atoms with van der Waals surface area (Å²) in [6.45, 7) is 4.42. The number of carbonyl (C=O) groups is 2. The molecule has 0 atom stereocenters. The fourth-order valence-electron chi connectivity index (χ4n) is 2.07. The minimum absolute atomic E-state index is 0.178. The molecule has 0 spiro atoms. The number of halogens is 1. The summed E-state index contributed by atoms with van der Waals surface area (Å²) in [5.41, 5.74) is 0.864. The summed E-state index contributed by atoms with van der Waals surface area (Å²) in [5.74, 6) is 0.270. The third kappa shape index (κ3) is 6.12. The van der Waals surface area contributed by atoms with Crippen LogP contribution >= 0.6 is 11.6 Å². The van der Waals surface area contributed by atoms with Crippen LogP contribution in [0.4, 0.5) is 5.69 Å². The van der Waals surface area contributed by atoms with Crippen LogP contribution in [0.15, 0.2) is 48.5 Å². The number of benzene rings is 2. The summed E-state index contributed by atoms with van der Waals surface area (Å²) in [7, 11) is 0. The van der Waals surface area contributed by atoms with Gasteiger partial charge in [0.2, 0.25) is 0 Å². The Labute approximate surface area is 152 Å². The summed E-state index contributed by atoms with van der Waals surface area (Å²) < 4.78 is 5.40. The van der Waals surface area contributed by atoms with Gasteiger partial charge in [-0.25, -0.2) is 0 Å². The lowest BCUT2D eigenvalue weighted by atomic mass is 10.1. The van der Waals surface area contributed by atoms with Crippen molar-refractivity contribution < 1.29 is 14.3 Å². The molecule has 2 amide bonds. The zero-order chi connectivity index (χ0) is 18.2. The fraction of sp³-hybridized carbons (Fsp3) is 0.263. The molecule has 0 aliphatic heterocycles. The van der Waals surface area contributed by atoms with E-state index in [0.29, 0.717) is 34.5 Å². The third-order valence-corrected chi connectivity index (χ3v) is 3.52. The summed E-state index contributed by atoms with van der Waals surface area (Å²) >= 11 is 5.87. The van der Waals surface area contributed by atoms with Crippen molar-refractivity contribution in [3.8, 4) is 5.75 Å². The number of rotatable bonds is 7. The Morgan fingerprint density at radius 3 is 2.60 bits per heavy atom. The summed E-state index contributed by atoms with van der Waals surface area (Å²) in [5, 5.41) is 6.08. The van der Waals surface area contributed by atoms with Crippen molar-refractivity contribution in [1.29, 1.82) is 0 Å². The Balaban J connectivity index is 1.97. The van der Waals surface area contributed by atoms with E-state index in [4.69, 9.17) is 16.3 Å². The summed E-state index contributed by atoms with van der Waals surface area (Å²) in [6, 6.07) is 13.7. The van der Waals surface area contributed by atoms with E-state index >= 15 is 0 Å². The minimum Gasteiger partial charge on any atom is -0.484 e. The quantitative estimate of drug-likeness (QED) is 0.790. The van der Waals surface area contributed by atoms with Gasteiger partial charge in [-0.2, -0.15) is 0 Å². The normalized spacial score (nSPS) is 10.4. The first-order chi connectivity index (χ1) is 12.0. The molecule has 0 heterocycles. The molecule has 0 aliphatic carbocycles. The van der Waals surface area contributed by atoms with Crippen LogP contribution in [0.1, 0.15) is 24.2 Å². The average Bonchev–Trinajstić information content (AvgIpc) is 2.58. The van der Waals surface area contributed by atoms with Crippen molar-refractivity contribution in [3.63, 3.8) is 0 Å². The van der Waals surface area contributed by atoms with Gasteiger partial charge < -0.3 is 15.4 Å². The average molecular weight is 361 g/mol. The molecule has 0 aromatic heterocycles. The standard InChI is InChI=1S/C19H21ClN2O3/c1-13(2)11-21-19(24)16-8-3-4-9-17(16)22-18(23)12-25-15-7-5-6-14(20)10-15/h3-10,13H,11-12H2,1-2H3,(H,21,24)(H,22,23). The van der Waals surface area contributed by atoms with Crippen LogP contribution < -0.4 is 15.4 Å². The molecule has 0 saturated carbocycles. The molecule has 0 fully saturated rings. The highest BCUT2D eigenvalue weighted by Gasteiger charge is 2.13. The van der Waals surface area contributed by atoms with Crippen molar-refractivity contribution in [1.82, 2.24) is 5.32 Å². The van der Waals surface area contributed by atoms with Gasteiger partial charge in [0.15, 0.2) is 6.61 Å². The Bertz CT molecular complexity index is 747. The monoisotopic (exact) mass is 360 g/mol. The molecular formula is C19H21ClN2O3. The van der Waals surface area contributed by atoms with Crippen molar-refractivity contribution in [2.45, 2.75) is 13.8 Å². The molecule has 0 aliphatic rings. The van der Waals surface area contributed by atoms with E-state index in [9.17, 15) is 9.59 Å². The zero-order valence-corrected chi connectivity index (χ0v) is 15.0. The van der Waals surface area contributed by atoms with Gasteiger partial charge in [0, 0.05) is 11.6 Å². The highest BCUT2D eigenvalue weighted by Crippen LogP contribution is 2.18. The Kier molecular flexibility index (Phi) is 6.83. The molecule has 2 aromatic carbocycles. The van der Waals surface area contributed by atoms with E-state index in [-0.39, 0.29) is 18.4 Å². The number of carbonyl (C=O) groups excluding carboxylic acids is 2. The zero-order valence-electron chi connectivity index (χ0n) is 14.2. The van der Waals surface area contributed by atoms with E-state index in [1.165, 1.54) is 0 Å². The highest BCUT2D eigenvalue weighted by molar-refractivity contribution is 6.30. The molecule has 5 nitrogen and oxygen atoms in total. The number of hydrogen-bond donors (Lipinski definition) is 2. The second kappa shape index (κ2) is 9.08. The van der Waals surface area contributed by atoms with E-state index in [0.717, 1.165) is 0 Å². The largest absolute Gasteiger partial charge is 0.484 e. The SMILES string of the molecule is CC(C)CNC(=O)c1ccccc1NC(=O)COc1cccc(Cl)c1. The first-order valence-corrected chi connectivity index (χ1v) is 8.39. The Hall–Kier alpha value is -2.53. The molecule has 0 saturated heterocycles. The lowest BCUT2D eigenvalue weighted by molar-refractivity contribution is -0.118. The predicted molar refractivity (Wildman–Crippen MR) is 99.2 cm³/mol. The molecule has 2 aromatic rings. The van der Waals surface area contributed by atoms with Crippen molar-refractivity contribution >= 4 is 29.1 Å². The molecule has 2 rings (SSSR count).